The number of halogens is 1. The van der Waals surface area contributed by atoms with Crippen molar-refractivity contribution in [2.24, 2.45) is 11.7 Å². The zero-order valence-corrected chi connectivity index (χ0v) is 15.5. The molecule has 0 atom stereocenters. The molecule has 3 amide bonds. The number of primary amides is 1. The number of ether oxygens (including phenoxy) is 1. The van der Waals surface area contributed by atoms with Crippen LogP contribution in [-0.4, -0.2) is 42.1 Å². The molecule has 3 rings (SSSR count). The van der Waals surface area contributed by atoms with E-state index in [-0.39, 0.29) is 42.4 Å². The molecule has 0 aromatic heterocycles. The number of likely N-dealkylation sites (tertiary alicyclic amines) is 1. The quantitative estimate of drug-likeness (QED) is 0.827. The number of piperidine rings is 1. The van der Waals surface area contributed by atoms with Gasteiger partial charge >= 0.3 is 6.03 Å². The van der Waals surface area contributed by atoms with Crippen molar-refractivity contribution in [2.45, 2.75) is 57.3 Å². The molecule has 6 nitrogen and oxygen atoms in total. The lowest BCUT2D eigenvalue weighted by atomic mass is 9.86. The van der Waals surface area contributed by atoms with Crippen molar-refractivity contribution in [1.29, 1.82) is 0 Å². The van der Waals surface area contributed by atoms with Gasteiger partial charge in [-0.15, -0.1) is 0 Å². The fourth-order valence-corrected chi connectivity index (χ4v) is 3.84. The van der Waals surface area contributed by atoms with Crippen LogP contribution < -0.4 is 11.1 Å². The third-order valence-corrected chi connectivity index (χ3v) is 5.62. The first-order valence-corrected chi connectivity index (χ1v) is 9.72. The number of rotatable bonds is 5. The van der Waals surface area contributed by atoms with Gasteiger partial charge in [-0.05, 0) is 44.6 Å². The highest BCUT2D eigenvalue weighted by Gasteiger charge is 2.28. The molecule has 1 aliphatic carbocycles. The maximum atomic E-state index is 13.6. The van der Waals surface area contributed by atoms with E-state index in [4.69, 9.17) is 10.5 Å². The first kappa shape index (κ1) is 19.6. The maximum absolute atomic E-state index is 13.6. The van der Waals surface area contributed by atoms with E-state index in [0.717, 1.165) is 38.5 Å². The Bertz CT molecular complexity index is 654. The average molecular weight is 377 g/mol. The molecule has 2 fully saturated rings. The third kappa shape index (κ3) is 5.42. The largest absolute Gasteiger partial charge is 0.373 e. The lowest BCUT2D eigenvalue weighted by Crippen LogP contribution is -2.49. The molecule has 1 saturated carbocycles. The van der Waals surface area contributed by atoms with Crippen LogP contribution in [0.2, 0.25) is 0 Å². The number of benzene rings is 1. The van der Waals surface area contributed by atoms with Crippen molar-refractivity contribution in [3.8, 4) is 0 Å². The van der Waals surface area contributed by atoms with E-state index < -0.39 is 0 Å². The summed E-state index contributed by atoms with van der Waals surface area (Å²) in [6, 6.07) is 6.68. The van der Waals surface area contributed by atoms with Gasteiger partial charge in [-0.3, -0.25) is 4.79 Å². The number of nitrogens with two attached hydrogens (primary N) is 1. The van der Waals surface area contributed by atoms with Crippen LogP contribution in [0.5, 0.6) is 0 Å². The fourth-order valence-electron chi connectivity index (χ4n) is 3.84. The van der Waals surface area contributed by atoms with Gasteiger partial charge in [-0.1, -0.05) is 18.2 Å². The minimum atomic E-state index is -0.250. The predicted octanol–water partition coefficient (Wildman–Crippen LogP) is 2.56. The fraction of sp³-hybridized carbons (Fsp3) is 0.600. The molecule has 7 heteroatoms. The van der Waals surface area contributed by atoms with E-state index >= 15 is 0 Å². The molecule has 0 unspecified atom stereocenters. The second kappa shape index (κ2) is 9.17. The normalized spacial score (nSPS) is 23.8. The Balaban J connectivity index is 1.37. The van der Waals surface area contributed by atoms with E-state index in [1.807, 2.05) is 4.90 Å². The number of amides is 3. The molecule has 2 aliphatic rings. The predicted molar refractivity (Wildman–Crippen MR) is 99.3 cm³/mol. The molecule has 1 heterocycles. The summed E-state index contributed by atoms with van der Waals surface area (Å²) < 4.78 is 19.5. The summed E-state index contributed by atoms with van der Waals surface area (Å²) in [4.78, 5) is 25.5. The van der Waals surface area contributed by atoms with Crippen molar-refractivity contribution in [3.63, 3.8) is 0 Å². The summed E-state index contributed by atoms with van der Waals surface area (Å²) >= 11 is 0. The van der Waals surface area contributed by atoms with Crippen LogP contribution in [0.1, 0.15) is 44.1 Å². The monoisotopic (exact) mass is 377 g/mol. The topological polar surface area (TPSA) is 84.7 Å². The number of carbonyl (C=O) groups excluding carboxylic acids is 2. The van der Waals surface area contributed by atoms with Gasteiger partial charge in [-0.25, -0.2) is 9.18 Å². The molecule has 3 N–H and O–H groups in total. The number of hydrogen-bond acceptors (Lipinski definition) is 3. The van der Waals surface area contributed by atoms with Crippen LogP contribution in [0, 0.1) is 11.7 Å². The van der Waals surface area contributed by atoms with E-state index in [9.17, 15) is 14.0 Å². The van der Waals surface area contributed by atoms with Gasteiger partial charge in [0.05, 0.1) is 12.7 Å². The Morgan fingerprint density at radius 3 is 2.41 bits per heavy atom. The number of nitrogens with zero attached hydrogens (tertiary/aromatic N) is 1. The molecule has 1 aliphatic heterocycles. The summed E-state index contributed by atoms with van der Waals surface area (Å²) in [7, 11) is 0. The first-order chi connectivity index (χ1) is 13.0. The van der Waals surface area contributed by atoms with Gasteiger partial charge in [-0.2, -0.15) is 0 Å². The minimum absolute atomic E-state index is 0.0414. The molecule has 0 spiro atoms. The standard InChI is InChI=1S/C20H28FN3O3/c21-18-4-2-1-3-15(18)13-27-17-9-11-24(12-10-17)20(26)23-16-7-5-14(6-8-16)19(22)25/h1-4,14,16-17H,5-13H2,(H2,22,25)(H,23,26). The van der Waals surface area contributed by atoms with Crippen LogP contribution in [0.15, 0.2) is 24.3 Å². The highest BCUT2D eigenvalue weighted by atomic mass is 19.1. The number of carbonyl (C=O) groups is 2. The van der Waals surface area contributed by atoms with E-state index in [1.54, 1.807) is 18.2 Å². The molecule has 1 aromatic rings. The molecule has 0 bridgehead atoms. The molecular weight excluding hydrogens is 349 g/mol. The van der Waals surface area contributed by atoms with Crippen molar-refractivity contribution >= 4 is 11.9 Å². The van der Waals surface area contributed by atoms with Crippen molar-refractivity contribution < 1.29 is 18.7 Å². The highest BCUT2D eigenvalue weighted by Crippen LogP contribution is 2.24. The second-order valence-corrected chi connectivity index (χ2v) is 7.49. The average Bonchev–Trinajstić information content (AvgIpc) is 2.68. The van der Waals surface area contributed by atoms with Crippen LogP contribution >= 0.6 is 0 Å². The second-order valence-electron chi connectivity index (χ2n) is 7.49. The summed E-state index contributed by atoms with van der Waals surface area (Å²) in [5.74, 6) is -0.543. The van der Waals surface area contributed by atoms with Gasteiger partial charge in [0.1, 0.15) is 5.82 Å². The number of nitrogens with one attached hydrogen (secondary N) is 1. The smallest absolute Gasteiger partial charge is 0.317 e. The van der Waals surface area contributed by atoms with Gasteiger partial charge < -0.3 is 20.7 Å². The molecule has 1 saturated heterocycles. The Labute approximate surface area is 159 Å². The van der Waals surface area contributed by atoms with Crippen molar-refractivity contribution in [1.82, 2.24) is 10.2 Å². The Morgan fingerprint density at radius 2 is 1.78 bits per heavy atom. The lowest BCUT2D eigenvalue weighted by Gasteiger charge is -2.34. The molecule has 1 aromatic carbocycles. The van der Waals surface area contributed by atoms with Crippen LogP contribution in [0.3, 0.4) is 0 Å². The van der Waals surface area contributed by atoms with Gasteiger partial charge in [0.15, 0.2) is 0 Å². The zero-order chi connectivity index (χ0) is 19.2. The number of hydrogen-bond donors (Lipinski definition) is 2. The zero-order valence-electron chi connectivity index (χ0n) is 15.5. The Hall–Kier alpha value is -2.15. The third-order valence-electron chi connectivity index (χ3n) is 5.62. The van der Waals surface area contributed by atoms with Gasteiger partial charge in [0.25, 0.3) is 0 Å². The van der Waals surface area contributed by atoms with Crippen LogP contribution in [-0.2, 0) is 16.1 Å². The SMILES string of the molecule is NC(=O)C1CCC(NC(=O)N2CCC(OCc3ccccc3F)CC2)CC1. The van der Waals surface area contributed by atoms with Crippen LogP contribution in [0.4, 0.5) is 9.18 Å². The summed E-state index contributed by atoms with van der Waals surface area (Å²) in [6.07, 6.45) is 4.61. The minimum Gasteiger partial charge on any atom is -0.373 e. The molecule has 148 valence electrons. The van der Waals surface area contributed by atoms with Gasteiger partial charge in [0.2, 0.25) is 5.91 Å². The van der Waals surface area contributed by atoms with E-state index in [1.165, 1.54) is 6.07 Å². The van der Waals surface area contributed by atoms with E-state index in [2.05, 4.69) is 5.32 Å². The Morgan fingerprint density at radius 1 is 1.11 bits per heavy atom. The maximum Gasteiger partial charge on any atom is 0.317 e. The first-order valence-electron chi connectivity index (χ1n) is 9.72. The van der Waals surface area contributed by atoms with Crippen LogP contribution in [0.25, 0.3) is 0 Å². The molecule has 27 heavy (non-hydrogen) atoms. The highest BCUT2D eigenvalue weighted by molar-refractivity contribution is 5.77. The summed E-state index contributed by atoms with van der Waals surface area (Å²) in [5.41, 5.74) is 5.91. The van der Waals surface area contributed by atoms with Crippen molar-refractivity contribution in [3.05, 3.63) is 35.6 Å². The molecule has 0 radical (unpaired) electrons. The summed E-state index contributed by atoms with van der Waals surface area (Å²) in [5, 5.41) is 3.07. The van der Waals surface area contributed by atoms with E-state index in [0.29, 0.717) is 18.7 Å². The molecular formula is C20H28FN3O3. The number of urea groups is 1. The Kier molecular flexibility index (Phi) is 6.66. The summed E-state index contributed by atoms with van der Waals surface area (Å²) in [6.45, 7) is 1.52. The van der Waals surface area contributed by atoms with Crippen molar-refractivity contribution in [2.75, 3.05) is 13.1 Å². The van der Waals surface area contributed by atoms with Gasteiger partial charge in [0, 0.05) is 30.6 Å². The lowest BCUT2D eigenvalue weighted by molar-refractivity contribution is -0.122.